The van der Waals surface area contributed by atoms with Crippen molar-refractivity contribution in [2.24, 2.45) is 0 Å². The lowest BCUT2D eigenvalue weighted by Gasteiger charge is -2.47. The van der Waals surface area contributed by atoms with Crippen molar-refractivity contribution in [3.63, 3.8) is 0 Å². The zero-order valence-corrected chi connectivity index (χ0v) is 11.1. The molecule has 1 heterocycles. The summed E-state index contributed by atoms with van der Waals surface area (Å²) in [5.74, 6) is -0.290. The highest BCUT2D eigenvalue weighted by molar-refractivity contribution is 5.21. The van der Waals surface area contributed by atoms with Crippen LogP contribution in [-0.2, 0) is 4.74 Å². The number of rotatable bonds is 6. The fraction of sp³-hybridized carbons (Fsp3) is 0.643. The Kier molecular flexibility index (Phi) is 4.30. The van der Waals surface area contributed by atoms with Gasteiger partial charge in [0.15, 0.2) is 0 Å². The third-order valence-corrected chi connectivity index (χ3v) is 3.79. The highest BCUT2D eigenvalue weighted by Gasteiger charge is 2.45. The van der Waals surface area contributed by atoms with E-state index >= 15 is 0 Å². The molecule has 1 aliphatic carbocycles. The third kappa shape index (κ3) is 2.54. The molecule has 0 aromatic carbocycles. The topological polar surface area (TPSA) is 34.2 Å². The molecule has 1 aromatic heterocycles. The molecule has 1 aliphatic rings. The Hall–Kier alpha value is -1.00. The van der Waals surface area contributed by atoms with Crippen LogP contribution >= 0.6 is 0 Å². The second kappa shape index (κ2) is 5.76. The highest BCUT2D eigenvalue weighted by atomic mass is 19.1. The number of nitrogens with zero attached hydrogens (tertiary/aromatic N) is 1. The lowest BCUT2D eigenvalue weighted by atomic mass is 9.72. The van der Waals surface area contributed by atoms with Gasteiger partial charge in [-0.15, -0.1) is 0 Å². The van der Waals surface area contributed by atoms with Gasteiger partial charge in [0.05, 0.1) is 17.8 Å². The van der Waals surface area contributed by atoms with Crippen molar-refractivity contribution < 1.29 is 9.13 Å². The van der Waals surface area contributed by atoms with Gasteiger partial charge in [-0.1, -0.05) is 6.92 Å². The maximum absolute atomic E-state index is 13.3. The summed E-state index contributed by atoms with van der Waals surface area (Å²) in [6, 6.07) is 1.58. The highest BCUT2D eigenvalue weighted by Crippen LogP contribution is 2.44. The van der Waals surface area contributed by atoms with Crippen molar-refractivity contribution in [1.82, 2.24) is 10.3 Å². The number of pyridine rings is 1. The van der Waals surface area contributed by atoms with E-state index in [0.717, 1.165) is 31.4 Å². The van der Waals surface area contributed by atoms with Gasteiger partial charge in [0.25, 0.3) is 0 Å². The van der Waals surface area contributed by atoms with Gasteiger partial charge in [0.1, 0.15) is 5.82 Å². The van der Waals surface area contributed by atoms with Crippen LogP contribution in [0.25, 0.3) is 0 Å². The van der Waals surface area contributed by atoms with Crippen molar-refractivity contribution >= 4 is 0 Å². The van der Waals surface area contributed by atoms with Crippen LogP contribution in [0.4, 0.5) is 4.39 Å². The average Bonchev–Trinajstić information content (AvgIpc) is 2.32. The summed E-state index contributed by atoms with van der Waals surface area (Å²) in [4.78, 5) is 3.95. The molecule has 18 heavy (non-hydrogen) atoms. The molecule has 3 nitrogen and oxygen atoms in total. The normalized spacial score (nSPS) is 19.3. The number of ether oxygens (including phenoxy) is 1. The first-order chi connectivity index (χ1) is 8.72. The zero-order valence-electron chi connectivity index (χ0n) is 11.1. The first-order valence-corrected chi connectivity index (χ1v) is 6.61. The fourth-order valence-corrected chi connectivity index (χ4v) is 2.62. The summed E-state index contributed by atoms with van der Waals surface area (Å²) < 4.78 is 19.0. The Morgan fingerprint density at radius 2 is 2.28 bits per heavy atom. The molecule has 0 spiro atoms. The van der Waals surface area contributed by atoms with Crippen molar-refractivity contribution in [2.75, 3.05) is 13.7 Å². The first kappa shape index (κ1) is 13.4. The van der Waals surface area contributed by atoms with Gasteiger partial charge < -0.3 is 10.1 Å². The van der Waals surface area contributed by atoms with Gasteiger partial charge in [-0.25, -0.2) is 4.39 Å². The summed E-state index contributed by atoms with van der Waals surface area (Å²) in [5, 5.41) is 3.47. The van der Waals surface area contributed by atoms with E-state index in [1.165, 1.54) is 12.6 Å². The molecule has 1 saturated carbocycles. The summed E-state index contributed by atoms with van der Waals surface area (Å²) >= 11 is 0. The van der Waals surface area contributed by atoms with E-state index in [1.54, 1.807) is 19.4 Å². The molecule has 2 rings (SSSR count). The SMILES string of the molecule is CCCNC(c1cncc(F)c1)C1(OC)CCC1. The Labute approximate surface area is 108 Å². The summed E-state index contributed by atoms with van der Waals surface area (Å²) in [7, 11) is 1.74. The summed E-state index contributed by atoms with van der Waals surface area (Å²) in [6.07, 6.45) is 7.21. The quantitative estimate of drug-likeness (QED) is 0.845. The van der Waals surface area contributed by atoms with Crippen LogP contribution in [0.15, 0.2) is 18.5 Å². The Morgan fingerprint density at radius 1 is 1.50 bits per heavy atom. The van der Waals surface area contributed by atoms with Crippen LogP contribution in [0.5, 0.6) is 0 Å². The van der Waals surface area contributed by atoms with Crippen LogP contribution in [0.1, 0.15) is 44.2 Å². The first-order valence-electron chi connectivity index (χ1n) is 6.61. The summed E-state index contributed by atoms with van der Waals surface area (Å²) in [6.45, 7) is 3.01. The van der Waals surface area contributed by atoms with Crippen LogP contribution in [0.3, 0.4) is 0 Å². The number of hydrogen-bond acceptors (Lipinski definition) is 3. The molecule has 1 N–H and O–H groups in total. The van der Waals surface area contributed by atoms with Crippen molar-refractivity contribution in [2.45, 2.75) is 44.2 Å². The molecule has 0 aliphatic heterocycles. The third-order valence-electron chi connectivity index (χ3n) is 3.79. The molecule has 1 atom stereocenters. The zero-order chi connectivity index (χ0) is 13.0. The van der Waals surface area contributed by atoms with Crippen molar-refractivity contribution in [3.8, 4) is 0 Å². The molecule has 0 saturated heterocycles. The molecule has 1 aromatic rings. The van der Waals surface area contributed by atoms with Crippen LogP contribution in [0.2, 0.25) is 0 Å². The largest absolute Gasteiger partial charge is 0.376 e. The van der Waals surface area contributed by atoms with Gasteiger partial charge >= 0.3 is 0 Å². The number of halogens is 1. The second-order valence-electron chi connectivity index (χ2n) is 4.95. The van der Waals surface area contributed by atoms with E-state index in [9.17, 15) is 4.39 Å². The number of aromatic nitrogens is 1. The molecular weight excluding hydrogens is 231 g/mol. The smallest absolute Gasteiger partial charge is 0.141 e. The van der Waals surface area contributed by atoms with Gasteiger partial charge in [0, 0.05) is 13.3 Å². The Bertz CT molecular complexity index is 388. The standard InChI is InChI=1S/C14H21FN2O/c1-3-7-17-13(14(18-2)5-4-6-14)11-8-12(15)10-16-9-11/h8-10,13,17H,3-7H2,1-2H3. The van der Waals surface area contributed by atoms with Crippen LogP contribution in [-0.4, -0.2) is 24.2 Å². The predicted octanol–water partition coefficient (Wildman–Crippen LogP) is 2.83. The lowest BCUT2D eigenvalue weighted by molar-refractivity contribution is -0.0998. The minimum Gasteiger partial charge on any atom is -0.376 e. The van der Waals surface area contributed by atoms with E-state index < -0.39 is 0 Å². The maximum atomic E-state index is 13.3. The van der Waals surface area contributed by atoms with Gasteiger partial charge in [-0.05, 0) is 43.9 Å². The molecule has 0 bridgehead atoms. The van der Waals surface area contributed by atoms with E-state index in [2.05, 4.69) is 17.2 Å². The van der Waals surface area contributed by atoms with E-state index in [1.807, 2.05) is 0 Å². The van der Waals surface area contributed by atoms with Crippen molar-refractivity contribution in [1.29, 1.82) is 0 Å². The predicted molar refractivity (Wildman–Crippen MR) is 68.8 cm³/mol. The maximum Gasteiger partial charge on any atom is 0.141 e. The molecule has 100 valence electrons. The average molecular weight is 252 g/mol. The molecular formula is C14H21FN2O. The number of methoxy groups -OCH3 is 1. The second-order valence-corrected chi connectivity index (χ2v) is 4.95. The fourth-order valence-electron chi connectivity index (χ4n) is 2.62. The Balaban J connectivity index is 2.24. The lowest BCUT2D eigenvalue weighted by Crippen LogP contribution is -2.50. The monoisotopic (exact) mass is 252 g/mol. The summed E-state index contributed by atoms with van der Waals surface area (Å²) in [5.41, 5.74) is 0.690. The minimum absolute atomic E-state index is 0.0272. The number of hydrogen-bond donors (Lipinski definition) is 1. The molecule has 0 radical (unpaired) electrons. The molecule has 1 unspecified atom stereocenters. The molecule has 4 heteroatoms. The minimum atomic E-state index is -0.290. The van der Waals surface area contributed by atoms with E-state index in [-0.39, 0.29) is 17.5 Å². The van der Waals surface area contributed by atoms with Gasteiger partial charge in [-0.3, -0.25) is 4.98 Å². The van der Waals surface area contributed by atoms with Crippen molar-refractivity contribution in [3.05, 3.63) is 29.8 Å². The van der Waals surface area contributed by atoms with Gasteiger partial charge in [0.2, 0.25) is 0 Å². The molecule has 0 amide bonds. The van der Waals surface area contributed by atoms with E-state index in [0.29, 0.717) is 0 Å². The van der Waals surface area contributed by atoms with Crippen LogP contribution < -0.4 is 5.32 Å². The Morgan fingerprint density at radius 3 is 2.78 bits per heavy atom. The molecule has 1 fully saturated rings. The van der Waals surface area contributed by atoms with Gasteiger partial charge in [-0.2, -0.15) is 0 Å². The van der Waals surface area contributed by atoms with E-state index in [4.69, 9.17) is 4.74 Å². The van der Waals surface area contributed by atoms with Crippen LogP contribution in [0, 0.1) is 5.82 Å². The number of nitrogens with one attached hydrogen (secondary N) is 1.